The van der Waals surface area contributed by atoms with Gasteiger partial charge < -0.3 is 14.8 Å². The van der Waals surface area contributed by atoms with E-state index in [0.29, 0.717) is 22.9 Å². The van der Waals surface area contributed by atoms with E-state index in [9.17, 15) is 14.9 Å². The summed E-state index contributed by atoms with van der Waals surface area (Å²) in [7, 11) is 1.49. The highest BCUT2D eigenvalue weighted by Gasteiger charge is 2.26. The first-order chi connectivity index (χ1) is 19.5. The topological polar surface area (TPSA) is 103 Å². The van der Waals surface area contributed by atoms with Crippen LogP contribution in [0.25, 0.3) is 0 Å². The van der Waals surface area contributed by atoms with Gasteiger partial charge in [-0.3, -0.25) is 14.9 Å². The second kappa shape index (κ2) is 12.6. The Kier molecular flexibility index (Phi) is 8.51. The van der Waals surface area contributed by atoms with Gasteiger partial charge in [0.05, 0.1) is 29.2 Å². The Morgan fingerprint density at radius 3 is 2.42 bits per heavy atom. The van der Waals surface area contributed by atoms with E-state index in [1.165, 1.54) is 30.7 Å². The van der Waals surface area contributed by atoms with E-state index in [0.717, 1.165) is 47.3 Å². The largest absolute Gasteiger partial charge is 0.493 e. The van der Waals surface area contributed by atoms with Gasteiger partial charge in [0, 0.05) is 17.6 Å². The molecule has 1 aliphatic rings. The zero-order valence-corrected chi connectivity index (χ0v) is 22.9. The van der Waals surface area contributed by atoms with Crippen molar-refractivity contribution in [2.45, 2.75) is 38.8 Å². The van der Waals surface area contributed by atoms with Gasteiger partial charge >= 0.3 is 0 Å². The molecular formula is C31H29N3O5S. The fourth-order valence-corrected chi connectivity index (χ4v) is 5.94. The first-order valence-electron chi connectivity index (χ1n) is 13.1. The molecule has 1 heterocycles. The number of nitro groups is 1. The van der Waals surface area contributed by atoms with E-state index < -0.39 is 4.92 Å². The lowest BCUT2D eigenvalue weighted by Crippen LogP contribution is -2.24. The minimum atomic E-state index is -0.469. The van der Waals surface area contributed by atoms with Crippen LogP contribution in [-0.4, -0.2) is 24.2 Å². The highest BCUT2D eigenvalue weighted by atomic mass is 32.1. The number of benzene rings is 3. The Balaban J connectivity index is 1.44. The van der Waals surface area contributed by atoms with Crippen LogP contribution in [0.4, 0.5) is 10.7 Å². The zero-order chi connectivity index (χ0) is 27.9. The SMILES string of the molecule is COc1cc(C=Nc2sc3c(c2C(=O)NCc2ccccc2)CCCC3)c([N+](=O)[O-])cc1OCc1ccccc1. The fraction of sp³-hybridized carbons (Fsp3) is 0.226. The van der Waals surface area contributed by atoms with Gasteiger partial charge in [-0.05, 0) is 48.4 Å². The molecule has 0 bridgehead atoms. The molecule has 8 nitrogen and oxygen atoms in total. The van der Waals surface area contributed by atoms with Gasteiger partial charge in [-0.2, -0.15) is 0 Å². The lowest BCUT2D eigenvalue weighted by molar-refractivity contribution is -0.385. The van der Waals surface area contributed by atoms with Gasteiger partial charge in [0.1, 0.15) is 11.6 Å². The summed E-state index contributed by atoms with van der Waals surface area (Å²) in [5.41, 5.74) is 3.62. The van der Waals surface area contributed by atoms with E-state index in [1.807, 2.05) is 60.7 Å². The minimum absolute atomic E-state index is 0.163. The van der Waals surface area contributed by atoms with Crippen LogP contribution >= 0.6 is 11.3 Å². The van der Waals surface area contributed by atoms with E-state index in [2.05, 4.69) is 10.3 Å². The van der Waals surface area contributed by atoms with Gasteiger partial charge in [-0.25, -0.2) is 4.99 Å². The maximum Gasteiger partial charge on any atom is 0.282 e. The highest BCUT2D eigenvalue weighted by Crippen LogP contribution is 2.40. The molecule has 0 unspecified atom stereocenters. The van der Waals surface area contributed by atoms with E-state index in [1.54, 1.807) is 6.07 Å². The van der Waals surface area contributed by atoms with Crippen LogP contribution < -0.4 is 14.8 Å². The Morgan fingerprint density at radius 1 is 1.02 bits per heavy atom. The molecule has 0 radical (unpaired) electrons. The number of carbonyl (C=O) groups excluding carboxylic acids is 1. The summed E-state index contributed by atoms with van der Waals surface area (Å²) in [6, 6.07) is 22.2. The number of nitrogens with zero attached hydrogens (tertiary/aromatic N) is 2. The number of aliphatic imine (C=N–C) groups is 1. The highest BCUT2D eigenvalue weighted by molar-refractivity contribution is 7.16. The maximum atomic E-state index is 13.4. The van der Waals surface area contributed by atoms with E-state index >= 15 is 0 Å². The predicted molar refractivity (Wildman–Crippen MR) is 156 cm³/mol. The van der Waals surface area contributed by atoms with Crippen LogP contribution in [0.3, 0.4) is 0 Å². The Bertz CT molecular complexity index is 1530. The Hall–Kier alpha value is -4.50. The second-order valence-electron chi connectivity index (χ2n) is 9.41. The molecule has 0 atom stereocenters. The molecule has 0 saturated carbocycles. The number of aryl methyl sites for hydroxylation is 1. The summed E-state index contributed by atoms with van der Waals surface area (Å²) < 4.78 is 11.4. The molecular weight excluding hydrogens is 526 g/mol. The quantitative estimate of drug-likeness (QED) is 0.132. The zero-order valence-electron chi connectivity index (χ0n) is 22.1. The Morgan fingerprint density at radius 2 is 1.73 bits per heavy atom. The van der Waals surface area contributed by atoms with Crippen molar-refractivity contribution in [2.75, 3.05) is 7.11 Å². The number of thiophene rings is 1. The van der Waals surface area contributed by atoms with Crippen molar-refractivity contribution < 1.29 is 19.2 Å². The summed E-state index contributed by atoms with van der Waals surface area (Å²) in [5.74, 6) is 0.434. The van der Waals surface area contributed by atoms with Gasteiger partial charge in [-0.15, -0.1) is 11.3 Å². The monoisotopic (exact) mass is 555 g/mol. The summed E-state index contributed by atoms with van der Waals surface area (Å²) in [6.45, 7) is 0.643. The first kappa shape index (κ1) is 27.1. The van der Waals surface area contributed by atoms with E-state index in [-0.39, 0.29) is 29.5 Å². The third-order valence-electron chi connectivity index (χ3n) is 6.74. The van der Waals surface area contributed by atoms with Crippen molar-refractivity contribution in [3.63, 3.8) is 0 Å². The molecule has 0 aliphatic heterocycles. The van der Waals surface area contributed by atoms with Crippen LogP contribution in [0.2, 0.25) is 0 Å². The molecule has 4 aromatic rings. The summed E-state index contributed by atoms with van der Waals surface area (Å²) in [6.07, 6.45) is 5.23. The number of carbonyl (C=O) groups is 1. The van der Waals surface area contributed by atoms with Crippen LogP contribution in [0.1, 0.15) is 50.3 Å². The number of rotatable bonds is 10. The molecule has 1 amide bonds. The number of amides is 1. The van der Waals surface area contributed by atoms with Gasteiger partial charge in [0.15, 0.2) is 11.5 Å². The summed E-state index contributed by atoms with van der Waals surface area (Å²) in [4.78, 5) is 30.7. The van der Waals surface area contributed by atoms with E-state index in [4.69, 9.17) is 9.47 Å². The third-order valence-corrected chi connectivity index (χ3v) is 7.94. The lowest BCUT2D eigenvalue weighted by Gasteiger charge is -2.13. The molecule has 1 aliphatic carbocycles. The predicted octanol–water partition coefficient (Wildman–Crippen LogP) is 6.80. The number of nitro benzene ring substituents is 1. The van der Waals surface area contributed by atoms with Crippen LogP contribution in [0.15, 0.2) is 77.8 Å². The molecule has 40 heavy (non-hydrogen) atoms. The Labute approximate surface area is 236 Å². The van der Waals surface area contributed by atoms with Crippen LogP contribution in [0, 0.1) is 10.1 Å². The summed E-state index contributed by atoms with van der Waals surface area (Å²) >= 11 is 1.48. The number of fused-ring (bicyclic) bond motifs is 1. The standard InChI is InChI=1S/C31H29N3O5S/c1-38-26-16-23(25(34(36)37)17-27(26)39-20-22-12-6-3-7-13-22)19-33-31-29(24-14-8-9-15-28(24)40-31)30(35)32-18-21-10-4-2-5-11-21/h2-7,10-13,16-17,19H,8-9,14-15,18,20H2,1H3,(H,32,35). The molecule has 0 fully saturated rings. The number of methoxy groups -OCH3 is 1. The van der Waals surface area contributed by atoms with Crippen LogP contribution in [0.5, 0.6) is 11.5 Å². The first-order valence-corrected chi connectivity index (χ1v) is 13.9. The van der Waals surface area contributed by atoms with Crippen molar-refractivity contribution in [2.24, 2.45) is 4.99 Å². The van der Waals surface area contributed by atoms with Gasteiger partial charge in [-0.1, -0.05) is 60.7 Å². The minimum Gasteiger partial charge on any atom is -0.493 e. The fourth-order valence-electron chi connectivity index (χ4n) is 4.71. The van der Waals surface area contributed by atoms with Crippen molar-refractivity contribution >= 4 is 34.1 Å². The van der Waals surface area contributed by atoms with Gasteiger partial charge in [0.25, 0.3) is 11.6 Å². The molecule has 204 valence electrons. The third kappa shape index (κ3) is 6.21. The number of hydrogen-bond acceptors (Lipinski definition) is 7. The molecule has 0 saturated heterocycles. The van der Waals surface area contributed by atoms with Crippen molar-refractivity contribution in [3.05, 3.63) is 116 Å². The maximum absolute atomic E-state index is 13.4. The van der Waals surface area contributed by atoms with Crippen LogP contribution in [-0.2, 0) is 26.0 Å². The second-order valence-corrected chi connectivity index (χ2v) is 10.5. The summed E-state index contributed by atoms with van der Waals surface area (Å²) in [5, 5.41) is 15.6. The molecule has 0 spiro atoms. The lowest BCUT2D eigenvalue weighted by atomic mass is 9.95. The van der Waals surface area contributed by atoms with Crippen molar-refractivity contribution in [1.29, 1.82) is 0 Å². The number of ether oxygens (including phenoxy) is 2. The average molecular weight is 556 g/mol. The average Bonchev–Trinajstić information content (AvgIpc) is 3.37. The molecule has 1 aromatic heterocycles. The smallest absolute Gasteiger partial charge is 0.282 e. The number of hydrogen-bond donors (Lipinski definition) is 1. The normalized spacial score (nSPS) is 12.6. The van der Waals surface area contributed by atoms with Crippen molar-refractivity contribution in [1.82, 2.24) is 5.32 Å². The van der Waals surface area contributed by atoms with Gasteiger partial charge in [0.2, 0.25) is 0 Å². The molecule has 5 rings (SSSR count). The molecule has 9 heteroatoms. The number of nitrogens with one attached hydrogen (secondary N) is 1. The van der Waals surface area contributed by atoms with Crippen molar-refractivity contribution in [3.8, 4) is 11.5 Å². The molecule has 1 N–H and O–H groups in total. The molecule has 3 aromatic carbocycles.